The topological polar surface area (TPSA) is 71.3 Å². The van der Waals surface area contributed by atoms with Gasteiger partial charge in [0.15, 0.2) is 0 Å². The summed E-state index contributed by atoms with van der Waals surface area (Å²) in [6, 6.07) is 8.98. The molecule has 0 aliphatic carbocycles. The Kier molecular flexibility index (Phi) is 7.33. The van der Waals surface area contributed by atoms with E-state index in [1.807, 2.05) is 6.07 Å². The second-order valence-corrected chi connectivity index (χ2v) is 4.09. The van der Waals surface area contributed by atoms with E-state index in [1.54, 1.807) is 37.5 Å². The SMILES string of the molecule is C=CCOc1ccc(/C=C(\C#N)C(=O)NCCOC)cc1. The number of methoxy groups -OCH3 is 1. The highest BCUT2D eigenvalue weighted by molar-refractivity contribution is 6.01. The van der Waals surface area contributed by atoms with Crippen LogP contribution in [0.3, 0.4) is 0 Å². The molecule has 5 heteroatoms. The number of hydrogen-bond acceptors (Lipinski definition) is 4. The standard InChI is InChI=1S/C16H18N2O3/c1-3-9-21-15-6-4-13(5-7-15)11-14(12-17)16(19)18-8-10-20-2/h3-7,11H,1,8-10H2,2H3,(H,18,19)/b14-11+. The molecule has 1 aromatic rings. The smallest absolute Gasteiger partial charge is 0.262 e. The van der Waals surface area contributed by atoms with Gasteiger partial charge in [-0.25, -0.2) is 0 Å². The summed E-state index contributed by atoms with van der Waals surface area (Å²) >= 11 is 0. The van der Waals surface area contributed by atoms with Crippen molar-refractivity contribution in [3.63, 3.8) is 0 Å². The van der Waals surface area contributed by atoms with Crippen LogP contribution in [0, 0.1) is 11.3 Å². The molecule has 5 nitrogen and oxygen atoms in total. The maximum Gasteiger partial charge on any atom is 0.262 e. The minimum atomic E-state index is -0.415. The molecule has 1 rings (SSSR count). The fourth-order valence-electron chi connectivity index (χ4n) is 1.49. The molecular weight excluding hydrogens is 268 g/mol. The van der Waals surface area contributed by atoms with Crippen molar-refractivity contribution in [2.24, 2.45) is 0 Å². The van der Waals surface area contributed by atoms with E-state index in [9.17, 15) is 4.79 Å². The lowest BCUT2D eigenvalue weighted by atomic mass is 10.1. The summed E-state index contributed by atoms with van der Waals surface area (Å²) in [5, 5.41) is 11.6. The van der Waals surface area contributed by atoms with Gasteiger partial charge < -0.3 is 14.8 Å². The number of amides is 1. The van der Waals surface area contributed by atoms with Gasteiger partial charge in [0.05, 0.1) is 6.61 Å². The molecule has 0 bridgehead atoms. The van der Waals surface area contributed by atoms with Crippen molar-refractivity contribution < 1.29 is 14.3 Å². The molecule has 0 radical (unpaired) electrons. The van der Waals surface area contributed by atoms with Crippen LogP contribution in [-0.4, -0.2) is 32.8 Å². The summed E-state index contributed by atoms with van der Waals surface area (Å²) in [4.78, 5) is 11.8. The van der Waals surface area contributed by atoms with Crippen molar-refractivity contribution >= 4 is 12.0 Å². The van der Waals surface area contributed by atoms with Gasteiger partial charge in [0.1, 0.15) is 24.0 Å². The van der Waals surface area contributed by atoms with E-state index in [0.29, 0.717) is 25.5 Å². The fraction of sp³-hybridized carbons (Fsp3) is 0.250. The van der Waals surface area contributed by atoms with E-state index in [1.165, 1.54) is 6.08 Å². The van der Waals surface area contributed by atoms with Gasteiger partial charge in [0, 0.05) is 13.7 Å². The molecule has 21 heavy (non-hydrogen) atoms. The van der Waals surface area contributed by atoms with Crippen molar-refractivity contribution in [2.75, 3.05) is 26.9 Å². The highest BCUT2D eigenvalue weighted by atomic mass is 16.5. The van der Waals surface area contributed by atoms with Crippen molar-refractivity contribution in [3.8, 4) is 11.8 Å². The Balaban J connectivity index is 2.71. The molecule has 0 aliphatic rings. The third-order valence-corrected chi connectivity index (χ3v) is 2.52. The zero-order valence-corrected chi connectivity index (χ0v) is 12.0. The minimum Gasteiger partial charge on any atom is -0.490 e. The van der Waals surface area contributed by atoms with Crippen molar-refractivity contribution in [3.05, 3.63) is 48.1 Å². The van der Waals surface area contributed by atoms with Gasteiger partial charge in [-0.1, -0.05) is 24.8 Å². The monoisotopic (exact) mass is 286 g/mol. The first kappa shape index (κ1) is 16.5. The number of rotatable bonds is 8. The first-order valence-corrected chi connectivity index (χ1v) is 6.44. The first-order valence-electron chi connectivity index (χ1n) is 6.44. The van der Waals surface area contributed by atoms with Gasteiger partial charge in [0.25, 0.3) is 5.91 Å². The van der Waals surface area contributed by atoms with E-state index < -0.39 is 5.91 Å². The summed E-state index contributed by atoms with van der Waals surface area (Å²) < 4.78 is 10.2. The van der Waals surface area contributed by atoms with Gasteiger partial charge >= 0.3 is 0 Å². The van der Waals surface area contributed by atoms with Gasteiger partial charge in [-0.15, -0.1) is 0 Å². The minimum absolute atomic E-state index is 0.0471. The van der Waals surface area contributed by atoms with E-state index in [-0.39, 0.29) is 5.57 Å². The van der Waals surface area contributed by atoms with Crippen LogP contribution in [0.2, 0.25) is 0 Å². The third-order valence-electron chi connectivity index (χ3n) is 2.52. The zero-order chi connectivity index (χ0) is 15.5. The number of ether oxygens (including phenoxy) is 2. The van der Waals surface area contributed by atoms with Crippen molar-refractivity contribution in [1.82, 2.24) is 5.32 Å². The fourth-order valence-corrected chi connectivity index (χ4v) is 1.49. The van der Waals surface area contributed by atoms with Crippen molar-refractivity contribution in [2.45, 2.75) is 0 Å². The van der Waals surface area contributed by atoms with Crippen LogP contribution in [-0.2, 0) is 9.53 Å². The molecule has 0 saturated heterocycles. The molecule has 0 fully saturated rings. The number of carbonyl (C=O) groups is 1. The Bertz CT molecular complexity index is 542. The molecule has 1 aromatic carbocycles. The second-order valence-electron chi connectivity index (χ2n) is 4.09. The summed E-state index contributed by atoms with van der Waals surface area (Å²) in [6.45, 7) is 4.77. The van der Waals surface area contributed by atoms with E-state index >= 15 is 0 Å². The predicted molar refractivity (Wildman–Crippen MR) is 80.6 cm³/mol. The third kappa shape index (κ3) is 5.93. The molecule has 1 amide bonds. The molecule has 0 heterocycles. The first-order chi connectivity index (χ1) is 10.2. The van der Waals surface area contributed by atoms with Crippen LogP contribution >= 0.6 is 0 Å². The van der Waals surface area contributed by atoms with Gasteiger partial charge in [0.2, 0.25) is 0 Å². The lowest BCUT2D eigenvalue weighted by molar-refractivity contribution is -0.117. The van der Waals surface area contributed by atoms with Crippen LogP contribution < -0.4 is 10.1 Å². The van der Waals surface area contributed by atoms with Crippen LogP contribution in [0.1, 0.15) is 5.56 Å². The summed E-state index contributed by atoms with van der Waals surface area (Å²) in [6.07, 6.45) is 3.19. The van der Waals surface area contributed by atoms with Crippen LogP contribution in [0.5, 0.6) is 5.75 Å². The Labute approximate surface area is 124 Å². The summed E-state index contributed by atoms with van der Waals surface area (Å²) in [7, 11) is 1.54. The van der Waals surface area contributed by atoms with Gasteiger partial charge in [-0.3, -0.25) is 4.79 Å². The molecule has 0 aliphatic heterocycles. The average Bonchev–Trinajstić information content (AvgIpc) is 2.51. The summed E-state index contributed by atoms with van der Waals surface area (Å²) in [5.74, 6) is 0.289. The molecule has 0 saturated carbocycles. The van der Waals surface area contributed by atoms with Gasteiger partial charge in [-0.2, -0.15) is 5.26 Å². The number of nitrogens with one attached hydrogen (secondary N) is 1. The van der Waals surface area contributed by atoms with Crippen LogP contribution in [0.15, 0.2) is 42.5 Å². The van der Waals surface area contributed by atoms with Crippen molar-refractivity contribution in [1.29, 1.82) is 5.26 Å². The van der Waals surface area contributed by atoms with E-state index in [2.05, 4.69) is 11.9 Å². The Hall–Kier alpha value is -2.58. The Morgan fingerprint density at radius 3 is 2.71 bits per heavy atom. The molecule has 0 atom stereocenters. The lowest BCUT2D eigenvalue weighted by Crippen LogP contribution is -2.27. The molecule has 0 unspecified atom stereocenters. The van der Waals surface area contributed by atoms with Gasteiger partial charge in [-0.05, 0) is 23.8 Å². The molecular formula is C16H18N2O3. The van der Waals surface area contributed by atoms with Crippen LogP contribution in [0.25, 0.3) is 6.08 Å². The van der Waals surface area contributed by atoms with Crippen LogP contribution in [0.4, 0.5) is 0 Å². The molecule has 0 spiro atoms. The van der Waals surface area contributed by atoms with E-state index in [4.69, 9.17) is 14.7 Å². The maximum atomic E-state index is 11.8. The molecule has 0 aromatic heterocycles. The number of carbonyl (C=O) groups excluding carboxylic acids is 1. The lowest BCUT2D eigenvalue weighted by Gasteiger charge is -2.04. The van der Waals surface area contributed by atoms with E-state index in [0.717, 1.165) is 5.56 Å². The number of nitrogens with zero attached hydrogens (tertiary/aromatic N) is 1. The molecule has 1 N–H and O–H groups in total. The summed E-state index contributed by atoms with van der Waals surface area (Å²) in [5.41, 5.74) is 0.797. The largest absolute Gasteiger partial charge is 0.490 e. The average molecular weight is 286 g/mol. The Morgan fingerprint density at radius 2 is 2.14 bits per heavy atom. The highest BCUT2D eigenvalue weighted by Gasteiger charge is 2.08. The Morgan fingerprint density at radius 1 is 1.43 bits per heavy atom. The normalized spacial score (nSPS) is 10.6. The highest BCUT2D eigenvalue weighted by Crippen LogP contribution is 2.14. The zero-order valence-electron chi connectivity index (χ0n) is 12.0. The quantitative estimate of drug-likeness (QED) is 0.343. The maximum absolute atomic E-state index is 11.8. The number of benzene rings is 1. The predicted octanol–water partition coefficient (Wildman–Crippen LogP) is 1.92. The number of nitriles is 1. The number of hydrogen-bond donors (Lipinski definition) is 1. The molecule has 110 valence electrons. The second kappa shape index (κ2) is 9.34.